The van der Waals surface area contributed by atoms with Gasteiger partial charge in [0.25, 0.3) is 5.91 Å². The van der Waals surface area contributed by atoms with E-state index in [9.17, 15) is 23.7 Å². The van der Waals surface area contributed by atoms with E-state index < -0.39 is 69.7 Å². The highest BCUT2D eigenvalue weighted by Gasteiger charge is 2.51. The van der Waals surface area contributed by atoms with Crippen LogP contribution in [0.2, 0.25) is 0 Å². The van der Waals surface area contributed by atoms with E-state index in [4.69, 9.17) is 9.47 Å². The Morgan fingerprint density at radius 2 is 1.89 bits per heavy atom. The molecule has 4 amide bonds. The lowest BCUT2D eigenvalue weighted by Crippen LogP contribution is -2.64. The second-order valence-corrected chi connectivity index (χ2v) is 12.1. The Hall–Kier alpha value is -2.61. The van der Waals surface area contributed by atoms with Gasteiger partial charge in [0.2, 0.25) is 5.91 Å². The summed E-state index contributed by atoms with van der Waals surface area (Å²) in [6, 6.07) is -1.04. The van der Waals surface area contributed by atoms with Crippen molar-refractivity contribution in [3.8, 4) is 5.75 Å². The van der Waals surface area contributed by atoms with Crippen LogP contribution in [0.15, 0.2) is 12.1 Å². The Kier molecular flexibility index (Phi) is 7.88. The number of imide groups is 2. The van der Waals surface area contributed by atoms with Crippen molar-refractivity contribution in [3.05, 3.63) is 29.1 Å². The molecule has 0 aromatic heterocycles. The fourth-order valence-electron chi connectivity index (χ4n) is 4.47. The largest absolute Gasteiger partial charge is 0.598 e. The molecule has 2 N–H and O–H groups in total. The first kappa shape index (κ1) is 27.4. The molecule has 202 valence electrons. The van der Waals surface area contributed by atoms with E-state index in [1.165, 1.54) is 6.07 Å². The van der Waals surface area contributed by atoms with E-state index >= 15 is 8.78 Å². The lowest BCUT2D eigenvalue weighted by Gasteiger charge is -2.37. The lowest BCUT2D eigenvalue weighted by atomic mass is 9.89. The number of Topliss-reactive ketones (excluding diaryl/α,β-unsaturated/α-hetero) is 1. The maximum Gasteiger partial charge on any atom is 0.331 e. The molecular weight excluding hydrogens is 512 g/mol. The molecule has 37 heavy (non-hydrogen) atoms. The van der Waals surface area contributed by atoms with E-state index in [0.717, 1.165) is 11.0 Å². The second kappa shape index (κ2) is 10.6. The number of amides is 4. The number of nitrogens with zero attached hydrogens (tertiary/aromatic N) is 1. The third-order valence-corrected chi connectivity index (χ3v) is 8.11. The molecule has 3 aliphatic rings. The molecule has 13 heteroatoms. The first-order valence-corrected chi connectivity index (χ1v) is 13.1. The molecule has 2 saturated heterocycles. The van der Waals surface area contributed by atoms with E-state index in [0.29, 0.717) is 37.2 Å². The van der Waals surface area contributed by atoms with Crippen molar-refractivity contribution < 1.29 is 42.0 Å². The van der Waals surface area contributed by atoms with Crippen LogP contribution in [-0.2, 0) is 36.9 Å². The molecule has 3 aliphatic heterocycles. The molecule has 4 atom stereocenters. The van der Waals surface area contributed by atoms with Gasteiger partial charge in [-0.3, -0.25) is 24.6 Å². The number of benzene rings is 1. The van der Waals surface area contributed by atoms with Crippen molar-refractivity contribution in [2.45, 2.75) is 63.0 Å². The summed E-state index contributed by atoms with van der Waals surface area (Å²) in [6.07, 6.45) is -1.63. The Balaban J connectivity index is 1.67. The SMILES string of the molecule is CC(C)(C)[S@@+]([O-])NC(c1cc2c(cc1F)CCO2)C(F)C(=O)C1C(=O)NC(=O)N(C2CCOCC2)C1=O. The number of hydrogen-bond acceptors (Lipinski definition) is 8. The third-order valence-electron chi connectivity index (χ3n) is 6.53. The van der Waals surface area contributed by atoms with Gasteiger partial charge >= 0.3 is 6.03 Å². The normalized spacial score (nSPS) is 23.2. The van der Waals surface area contributed by atoms with Crippen LogP contribution < -0.4 is 14.8 Å². The summed E-state index contributed by atoms with van der Waals surface area (Å²) in [4.78, 5) is 52.3. The van der Waals surface area contributed by atoms with Gasteiger partial charge < -0.3 is 14.0 Å². The number of barbiturate groups is 1. The Morgan fingerprint density at radius 1 is 1.22 bits per heavy atom. The van der Waals surface area contributed by atoms with Gasteiger partial charge in [0.15, 0.2) is 17.9 Å². The van der Waals surface area contributed by atoms with Crippen molar-refractivity contribution in [2.75, 3.05) is 19.8 Å². The number of alkyl halides is 1. The van der Waals surface area contributed by atoms with Crippen LogP contribution in [0.4, 0.5) is 13.6 Å². The minimum absolute atomic E-state index is 0.268. The number of ketones is 1. The molecule has 4 rings (SSSR count). The predicted molar refractivity (Wildman–Crippen MR) is 127 cm³/mol. The Bertz CT molecular complexity index is 1110. The van der Waals surface area contributed by atoms with E-state index in [-0.39, 0.29) is 18.8 Å². The maximum atomic E-state index is 16.0. The highest BCUT2D eigenvalue weighted by atomic mass is 32.2. The van der Waals surface area contributed by atoms with Gasteiger partial charge in [-0.25, -0.2) is 13.6 Å². The zero-order valence-corrected chi connectivity index (χ0v) is 21.5. The molecular formula is C24H29F2N3O7S. The summed E-state index contributed by atoms with van der Waals surface area (Å²) in [5, 5.41) is 1.96. The van der Waals surface area contributed by atoms with Crippen LogP contribution in [0, 0.1) is 11.7 Å². The third kappa shape index (κ3) is 5.49. The van der Waals surface area contributed by atoms with Crippen LogP contribution in [0.1, 0.15) is 50.8 Å². The van der Waals surface area contributed by atoms with Gasteiger partial charge in [0.05, 0.1) is 6.61 Å². The van der Waals surface area contributed by atoms with Crippen molar-refractivity contribution in [1.82, 2.24) is 14.9 Å². The predicted octanol–water partition coefficient (Wildman–Crippen LogP) is 1.63. The topological polar surface area (TPSA) is 137 Å². The zero-order valence-electron chi connectivity index (χ0n) is 20.7. The van der Waals surface area contributed by atoms with Crippen molar-refractivity contribution in [1.29, 1.82) is 0 Å². The average Bonchev–Trinajstić information content (AvgIpc) is 3.28. The fraction of sp³-hybridized carbons (Fsp3) is 0.583. The second-order valence-electron chi connectivity index (χ2n) is 10.1. The fourth-order valence-corrected chi connectivity index (χ4v) is 5.31. The summed E-state index contributed by atoms with van der Waals surface area (Å²) in [6.45, 7) is 5.63. The smallest absolute Gasteiger partial charge is 0.331 e. The molecule has 0 saturated carbocycles. The number of rotatable bonds is 7. The number of fused-ring (bicyclic) bond motifs is 1. The van der Waals surface area contributed by atoms with Crippen molar-refractivity contribution in [2.24, 2.45) is 5.92 Å². The molecule has 10 nitrogen and oxygen atoms in total. The van der Waals surface area contributed by atoms with Gasteiger partial charge in [-0.05, 0) is 45.7 Å². The minimum Gasteiger partial charge on any atom is -0.598 e. The molecule has 0 spiro atoms. The van der Waals surface area contributed by atoms with Crippen molar-refractivity contribution >= 4 is 35.0 Å². The van der Waals surface area contributed by atoms with E-state index in [1.54, 1.807) is 20.8 Å². The number of nitrogens with one attached hydrogen (secondary N) is 2. The van der Waals surface area contributed by atoms with E-state index in [1.807, 2.05) is 5.32 Å². The Labute approximate surface area is 215 Å². The summed E-state index contributed by atoms with van der Waals surface area (Å²) >= 11 is -1.96. The van der Waals surface area contributed by atoms with Gasteiger partial charge in [-0.2, -0.15) is 0 Å². The quantitative estimate of drug-likeness (QED) is 0.393. The van der Waals surface area contributed by atoms with Crippen LogP contribution in [0.25, 0.3) is 0 Å². The summed E-state index contributed by atoms with van der Waals surface area (Å²) in [7, 11) is 0. The highest BCUT2D eigenvalue weighted by molar-refractivity contribution is 7.90. The molecule has 1 aromatic carbocycles. The number of carbonyl (C=O) groups excluding carboxylic acids is 4. The van der Waals surface area contributed by atoms with Gasteiger partial charge in [0.1, 0.15) is 22.4 Å². The monoisotopic (exact) mass is 541 g/mol. The summed E-state index contributed by atoms with van der Waals surface area (Å²) in [5.41, 5.74) is 0.228. The standard InChI is InChI=1S/C24H29F2N3O7S/c1-24(2,3)37(34)28-19(14-11-16-12(4-9-36-16)10-15(14)25)18(26)20(30)17-21(31)27-23(33)29(22(17)32)13-5-7-35-8-6-13/h10-11,13,17-19,28H,4-9H2,1-3H3,(H,27,31,33)/t17?,18?,19?,37-/m1/s1. The zero-order chi connectivity index (χ0) is 27.1. The van der Waals surface area contributed by atoms with Crippen LogP contribution >= 0.6 is 0 Å². The number of carbonyl (C=O) groups is 4. The number of urea groups is 1. The highest BCUT2D eigenvalue weighted by Crippen LogP contribution is 2.35. The molecule has 2 fully saturated rings. The Morgan fingerprint density at radius 3 is 2.54 bits per heavy atom. The molecule has 0 aliphatic carbocycles. The molecule has 0 radical (unpaired) electrons. The first-order chi connectivity index (χ1) is 17.4. The minimum atomic E-state index is -2.66. The van der Waals surface area contributed by atoms with Gasteiger partial charge in [0, 0.05) is 48.2 Å². The molecule has 1 aromatic rings. The van der Waals surface area contributed by atoms with Crippen LogP contribution in [0.5, 0.6) is 5.75 Å². The average molecular weight is 542 g/mol. The summed E-state index contributed by atoms with van der Waals surface area (Å²) < 4.78 is 56.3. The van der Waals surface area contributed by atoms with E-state index in [2.05, 4.69) is 4.72 Å². The summed E-state index contributed by atoms with van der Waals surface area (Å²) in [5.74, 6) is -6.62. The lowest BCUT2D eigenvalue weighted by molar-refractivity contribution is -0.151. The molecule has 3 heterocycles. The molecule has 3 unspecified atom stereocenters. The number of hydrogen-bond donors (Lipinski definition) is 2. The van der Waals surface area contributed by atoms with Crippen molar-refractivity contribution in [3.63, 3.8) is 0 Å². The number of halogens is 2. The van der Waals surface area contributed by atoms with Crippen LogP contribution in [0.3, 0.4) is 0 Å². The van der Waals surface area contributed by atoms with Gasteiger partial charge in [-0.15, -0.1) is 4.72 Å². The molecule has 0 bridgehead atoms. The maximum absolute atomic E-state index is 16.0. The van der Waals surface area contributed by atoms with Crippen LogP contribution in [-0.4, -0.2) is 69.9 Å². The first-order valence-electron chi connectivity index (χ1n) is 12.0. The number of ether oxygens (including phenoxy) is 2. The van der Waals surface area contributed by atoms with Gasteiger partial charge in [-0.1, -0.05) is 0 Å².